The Labute approximate surface area is 183 Å². The van der Waals surface area contributed by atoms with E-state index in [0.29, 0.717) is 23.6 Å². The van der Waals surface area contributed by atoms with Crippen LogP contribution in [0.4, 0.5) is 5.95 Å². The normalized spacial score (nSPS) is 14.0. The number of benzene rings is 1. The summed E-state index contributed by atoms with van der Waals surface area (Å²) >= 11 is 0. The van der Waals surface area contributed by atoms with Gasteiger partial charge in [0.15, 0.2) is 16.9 Å². The number of fused-ring (bicyclic) bond motifs is 1. The van der Waals surface area contributed by atoms with Crippen LogP contribution in [0, 0.1) is 0 Å². The number of hydrogen-bond donors (Lipinski definition) is 2. The van der Waals surface area contributed by atoms with Gasteiger partial charge in [0.2, 0.25) is 5.95 Å². The van der Waals surface area contributed by atoms with Crippen LogP contribution in [-0.4, -0.2) is 57.0 Å². The van der Waals surface area contributed by atoms with Crippen molar-refractivity contribution in [1.29, 1.82) is 0 Å². The highest BCUT2D eigenvalue weighted by atomic mass is 16.5. The predicted molar refractivity (Wildman–Crippen MR) is 119 cm³/mol. The Balaban J connectivity index is 1.81. The molecule has 4 rings (SSSR count). The molecule has 0 atom stereocenters. The Morgan fingerprint density at radius 3 is 2.56 bits per heavy atom. The van der Waals surface area contributed by atoms with Crippen molar-refractivity contribution in [3.63, 3.8) is 0 Å². The van der Waals surface area contributed by atoms with Gasteiger partial charge in [-0.05, 0) is 32.0 Å². The molecule has 1 saturated heterocycles. The van der Waals surface area contributed by atoms with E-state index in [2.05, 4.69) is 20.2 Å². The zero-order chi connectivity index (χ0) is 23.0. The molecule has 3 aromatic rings. The topological polar surface area (TPSA) is 137 Å². The number of anilines is 1. The molecular weight excluding hydrogens is 414 g/mol. The van der Waals surface area contributed by atoms with Gasteiger partial charge in [-0.3, -0.25) is 19.0 Å². The monoisotopic (exact) mass is 439 g/mol. The number of hydrogen-bond acceptors (Lipinski definition) is 8. The lowest BCUT2D eigenvalue weighted by Crippen LogP contribution is -2.44. The van der Waals surface area contributed by atoms with Gasteiger partial charge in [-0.25, -0.2) is 0 Å². The van der Waals surface area contributed by atoms with E-state index in [1.54, 1.807) is 0 Å². The summed E-state index contributed by atoms with van der Waals surface area (Å²) in [5.74, 6) is -0.182. The minimum Gasteiger partial charge on any atom is -0.425 e. The number of amides is 1. The number of ether oxygens (including phenoxy) is 1. The number of imidazole rings is 1. The Bertz CT molecular complexity index is 1270. The van der Waals surface area contributed by atoms with E-state index in [4.69, 9.17) is 10.5 Å². The number of carbonyl (C=O) groups is 2. The lowest BCUT2D eigenvalue weighted by atomic mass is 10.1. The maximum Gasteiger partial charge on any atom is 0.306 e. The summed E-state index contributed by atoms with van der Waals surface area (Å²) in [7, 11) is 1.54. The molecule has 0 saturated carbocycles. The van der Waals surface area contributed by atoms with Gasteiger partial charge in [0.25, 0.3) is 11.5 Å². The third kappa shape index (κ3) is 3.71. The Kier molecular flexibility index (Phi) is 5.66. The molecule has 1 amide bonds. The zero-order valence-electron chi connectivity index (χ0n) is 18.2. The van der Waals surface area contributed by atoms with Gasteiger partial charge in [-0.1, -0.05) is 0 Å². The van der Waals surface area contributed by atoms with Gasteiger partial charge in [0.1, 0.15) is 5.75 Å². The number of carbonyl (C=O) groups excluding carboxylic acids is 2. The van der Waals surface area contributed by atoms with Crippen LogP contribution >= 0.6 is 0 Å². The molecule has 3 N–H and O–H groups in total. The molecule has 168 valence electrons. The van der Waals surface area contributed by atoms with E-state index < -0.39 is 5.91 Å². The first-order valence-electron chi connectivity index (χ1n) is 10.4. The lowest BCUT2D eigenvalue weighted by molar-refractivity contribution is 0.0997. The molecule has 0 bridgehead atoms. The second kappa shape index (κ2) is 8.42. The van der Waals surface area contributed by atoms with Gasteiger partial charge in [0, 0.05) is 45.3 Å². The molecule has 0 unspecified atom stereocenters. The molecule has 32 heavy (non-hydrogen) atoms. The summed E-state index contributed by atoms with van der Waals surface area (Å²) < 4.78 is 8.94. The van der Waals surface area contributed by atoms with Crippen molar-refractivity contribution < 1.29 is 14.3 Å². The van der Waals surface area contributed by atoms with Crippen molar-refractivity contribution in [2.75, 3.05) is 31.1 Å². The number of Topliss-reactive ketones (excluding diaryl/α,β-unsaturated/α-hetero) is 1. The lowest BCUT2D eigenvalue weighted by Gasteiger charge is -2.28. The summed E-state index contributed by atoms with van der Waals surface area (Å²) in [5.41, 5.74) is 6.15. The zero-order valence-corrected chi connectivity index (χ0v) is 18.2. The van der Waals surface area contributed by atoms with Crippen LogP contribution in [0.25, 0.3) is 11.2 Å². The predicted octanol–water partition coefficient (Wildman–Crippen LogP) is 0.653. The van der Waals surface area contributed by atoms with Crippen LogP contribution in [0.5, 0.6) is 11.8 Å². The summed E-state index contributed by atoms with van der Waals surface area (Å²) in [6.45, 7) is 7.12. The van der Waals surface area contributed by atoms with E-state index in [9.17, 15) is 14.4 Å². The molecule has 0 radical (unpaired) electrons. The quantitative estimate of drug-likeness (QED) is 0.534. The third-order valence-electron chi connectivity index (χ3n) is 5.49. The SMILES string of the molecule is CCn1c(N2CCNCC2)nc2nc(Oc3ccc(C(C)=O)cc3C(N)=O)n(C)c(=O)c21. The van der Waals surface area contributed by atoms with Crippen LogP contribution in [0.1, 0.15) is 34.6 Å². The molecule has 2 aromatic heterocycles. The number of primary amides is 1. The molecule has 11 nitrogen and oxygen atoms in total. The average Bonchev–Trinajstić information content (AvgIpc) is 3.16. The summed E-state index contributed by atoms with van der Waals surface area (Å²) in [6.07, 6.45) is 0. The van der Waals surface area contributed by atoms with Crippen LogP contribution < -0.4 is 26.2 Å². The molecule has 0 spiro atoms. The largest absolute Gasteiger partial charge is 0.425 e. The highest BCUT2D eigenvalue weighted by Crippen LogP contribution is 2.27. The first kappa shape index (κ1) is 21.5. The maximum absolute atomic E-state index is 13.2. The number of nitrogens with two attached hydrogens (primary N) is 1. The number of nitrogens with zero attached hydrogens (tertiary/aromatic N) is 5. The van der Waals surface area contributed by atoms with Crippen molar-refractivity contribution in [1.82, 2.24) is 24.4 Å². The van der Waals surface area contributed by atoms with E-state index in [-0.39, 0.29) is 34.3 Å². The average molecular weight is 439 g/mol. The second-order valence-corrected chi connectivity index (χ2v) is 7.56. The molecule has 1 fully saturated rings. The fourth-order valence-corrected chi connectivity index (χ4v) is 3.76. The van der Waals surface area contributed by atoms with Crippen LogP contribution in [0.2, 0.25) is 0 Å². The summed E-state index contributed by atoms with van der Waals surface area (Å²) in [4.78, 5) is 48.0. The Morgan fingerprint density at radius 2 is 1.94 bits per heavy atom. The van der Waals surface area contributed by atoms with Crippen LogP contribution in [0.3, 0.4) is 0 Å². The number of ketones is 1. The highest BCUT2D eigenvalue weighted by molar-refractivity contribution is 6.00. The first-order valence-corrected chi connectivity index (χ1v) is 10.4. The molecule has 11 heteroatoms. The van der Waals surface area contributed by atoms with E-state index >= 15 is 0 Å². The van der Waals surface area contributed by atoms with Gasteiger partial charge < -0.3 is 25.3 Å². The number of rotatable bonds is 6. The first-order chi connectivity index (χ1) is 15.3. The van der Waals surface area contributed by atoms with Crippen molar-refractivity contribution in [3.8, 4) is 11.8 Å². The number of aryl methyl sites for hydroxylation is 1. The van der Waals surface area contributed by atoms with Gasteiger partial charge in [-0.2, -0.15) is 9.97 Å². The molecule has 1 aromatic carbocycles. The van der Waals surface area contributed by atoms with Gasteiger partial charge >= 0.3 is 6.01 Å². The van der Waals surface area contributed by atoms with E-state index in [1.165, 1.54) is 36.7 Å². The molecule has 0 aliphatic carbocycles. The fraction of sp³-hybridized carbons (Fsp3) is 0.381. The van der Waals surface area contributed by atoms with Gasteiger partial charge in [-0.15, -0.1) is 0 Å². The van der Waals surface area contributed by atoms with Crippen molar-refractivity contribution >= 4 is 28.8 Å². The van der Waals surface area contributed by atoms with Crippen molar-refractivity contribution in [2.45, 2.75) is 20.4 Å². The minimum absolute atomic E-state index is 0.0210. The van der Waals surface area contributed by atoms with Crippen molar-refractivity contribution in [3.05, 3.63) is 39.7 Å². The molecule has 1 aliphatic rings. The van der Waals surface area contributed by atoms with E-state index in [0.717, 1.165) is 26.2 Å². The second-order valence-electron chi connectivity index (χ2n) is 7.56. The van der Waals surface area contributed by atoms with Crippen LogP contribution in [-0.2, 0) is 13.6 Å². The number of aromatic nitrogens is 4. The molecule has 3 heterocycles. The standard InChI is InChI=1S/C21H25N7O4/c1-4-28-16-18(24-20(28)27-9-7-23-8-10-27)25-21(26(3)19(16)31)32-15-6-5-13(12(2)29)11-14(15)17(22)30/h5-6,11,23H,4,7-10H2,1-3H3,(H2,22,30). The van der Waals surface area contributed by atoms with Gasteiger partial charge in [0.05, 0.1) is 5.56 Å². The minimum atomic E-state index is -0.759. The Hall–Kier alpha value is -3.73. The van der Waals surface area contributed by atoms with E-state index in [1.807, 2.05) is 11.5 Å². The fourth-order valence-electron chi connectivity index (χ4n) is 3.76. The van der Waals surface area contributed by atoms with Crippen molar-refractivity contribution in [2.24, 2.45) is 12.8 Å². The summed E-state index contributed by atoms with van der Waals surface area (Å²) in [5, 5.41) is 3.30. The van der Waals surface area contributed by atoms with Crippen LogP contribution in [0.15, 0.2) is 23.0 Å². The molecule has 1 aliphatic heterocycles. The number of nitrogens with one attached hydrogen (secondary N) is 1. The smallest absolute Gasteiger partial charge is 0.306 e. The summed E-state index contributed by atoms with van der Waals surface area (Å²) in [6, 6.07) is 4.32. The maximum atomic E-state index is 13.2. The third-order valence-corrected chi connectivity index (χ3v) is 5.49. The molecular formula is C21H25N7O4. The number of piperazine rings is 1. The Morgan fingerprint density at radius 1 is 1.22 bits per heavy atom. The highest BCUT2D eigenvalue weighted by Gasteiger charge is 2.23.